The van der Waals surface area contributed by atoms with Gasteiger partial charge in [-0.05, 0) is 30.5 Å². The van der Waals surface area contributed by atoms with Gasteiger partial charge in [-0.2, -0.15) is 0 Å². The van der Waals surface area contributed by atoms with Crippen molar-refractivity contribution in [3.63, 3.8) is 0 Å². The zero-order valence-electron chi connectivity index (χ0n) is 15.5. The highest BCUT2D eigenvalue weighted by Gasteiger charge is 2.34. The van der Waals surface area contributed by atoms with Crippen molar-refractivity contribution < 1.29 is 9.63 Å². The highest BCUT2D eigenvalue weighted by molar-refractivity contribution is 7.18. The van der Waals surface area contributed by atoms with Crippen molar-refractivity contribution in [3.8, 4) is 0 Å². The molecule has 0 aliphatic carbocycles. The first-order chi connectivity index (χ1) is 13.8. The number of benzene rings is 2. The van der Waals surface area contributed by atoms with E-state index in [0.717, 1.165) is 42.7 Å². The minimum Gasteiger partial charge on any atom is -0.382 e. The van der Waals surface area contributed by atoms with Gasteiger partial charge in [-0.1, -0.05) is 47.6 Å². The van der Waals surface area contributed by atoms with Crippen LogP contribution in [0.5, 0.6) is 0 Å². The Morgan fingerprint density at radius 2 is 1.79 bits per heavy atom. The lowest BCUT2D eigenvalue weighted by Crippen LogP contribution is -2.43. The van der Waals surface area contributed by atoms with E-state index >= 15 is 0 Å². The summed E-state index contributed by atoms with van der Waals surface area (Å²) in [4.78, 5) is 25.1. The molecule has 0 bridgehead atoms. The average Bonchev–Trinajstić information content (AvgIpc) is 3.41. The van der Waals surface area contributed by atoms with Crippen LogP contribution < -0.4 is 0 Å². The van der Waals surface area contributed by atoms with Gasteiger partial charge in [0.15, 0.2) is 0 Å². The van der Waals surface area contributed by atoms with E-state index in [1.54, 1.807) is 11.3 Å². The molecule has 1 unspecified atom stereocenters. The Hall–Kier alpha value is -2.73. The minimum atomic E-state index is -0.491. The third-order valence-corrected chi connectivity index (χ3v) is 6.72. The monoisotopic (exact) mass is 391 g/mol. The number of amides is 1. The van der Waals surface area contributed by atoms with Gasteiger partial charge in [0.25, 0.3) is 5.91 Å². The summed E-state index contributed by atoms with van der Waals surface area (Å²) in [6.45, 7) is 1.50. The fourth-order valence-corrected chi connectivity index (χ4v) is 5.06. The molecule has 5 nitrogen and oxygen atoms in total. The Bertz CT molecular complexity index is 989. The van der Waals surface area contributed by atoms with Crippen LogP contribution in [0, 0.1) is 0 Å². The van der Waals surface area contributed by atoms with Crippen molar-refractivity contribution >= 4 is 33.2 Å². The molecular formula is C22H21N3O2S. The number of hydrogen-bond donors (Lipinski definition) is 0. The van der Waals surface area contributed by atoms with Gasteiger partial charge in [-0.15, -0.1) is 11.3 Å². The molecule has 1 amide bonds. The summed E-state index contributed by atoms with van der Waals surface area (Å²) in [5.74, 6) is 0.486. The van der Waals surface area contributed by atoms with E-state index in [1.165, 1.54) is 9.71 Å². The summed E-state index contributed by atoms with van der Waals surface area (Å²) in [6.07, 6.45) is 1.95. The largest absolute Gasteiger partial charge is 0.382 e. The number of thiazole rings is 1. The number of nitrogens with zero attached hydrogens (tertiary/aromatic N) is 3. The normalized spacial score (nSPS) is 20.2. The number of hydrogen-bond acceptors (Lipinski definition) is 5. The first-order valence-corrected chi connectivity index (χ1v) is 10.5. The number of carbonyl (C=O) groups excluding carboxylic acids is 1. The fraction of sp³-hybridized carbons (Fsp3) is 0.318. The van der Waals surface area contributed by atoms with E-state index in [4.69, 9.17) is 9.82 Å². The molecule has 2 aliphatic rings. The predicted molar refractivity (Wildman–Crippen MR) is 111 cm³/mol. The van der Waals surface area contributed by atoms with Gasteiger partial charge in [-0.25, -0.2) is 4.98 Å². The second-order valence-electron chi connectivity index (χ2n) is 7.32. The molecule has 1 fully saturated rings. The van der Waals surface area contributed by atoms with Crippen molar-refractivity contribution in [2.24, 2.45) is 5.16 Å². The predicted octanol–water partition coefficient (Wildman–Crippen LogP) is 4.20. The van der Waals surface area contributed by atoms with Gasteiger partial charge in [-0.3, -0.25) is 4.79 Å². The van der Waals surface area contributed by atoms with E-state index in [-0.39, 0.29) is 5.91 Å². The van der Waals surface area contributed by atoms with Crippen molar-refractivity contribution in [2.45, 2.75) is 31.3 Å². The molecular weight excluding hydrogens is 370 g/mol. The molecule has 0 saturated carbocycles. The molecule has 142 valence electrons. The summed E-state index contributed by atoms with van der Waals surface area (Å²) in [5.41, 5.74) is 2.95. The number of piperidine rings is 1. The molecule has 1 saturated heterocycles. The molecule has 2 aliphatic heterocycles. The van der Waals surface area contributed by atoms with Gasteiger partial charge >= 0.3 is 0 Å². The maximum atomic E-state index is 12.9. The maximum Gasteiger partial charge on any atom is 0.266 e. The summed E-state index contributed by atoms with van der Waals surface area (Å²) >= 11 is 1.78. The van der Waals surface area contributed by atoms with E-state index in [2.05, 4.69) is 23.4 Å². The molecule has 1 atom stereocenters. The van der Waals surface area contributed by atoms with Crippen LogP contribution in [0.4, 0.5) is 0 Å². The van der Waals surface area contributed by atoms with E-state index < -0.39 is 6.10 Å². The Balaban J connectivity index is 1.19. The molecule has 3 aromatic rings. The quantitative estimate of drug-likeness (QED) is 0.672. The SMILES string of the molecule is O=C(C1CC(c2ccccc2)=NO1)N1CCC(c2nc3ccccc3s2)CC1. The van der Waals surface area contributed by atoms with Crippen molar-refractivity contribution in [1.29, 1.82) is 0 Å². The lowest BCUT2D eigenvalue weighted by molar-refractivity contribution is -0.143. The molecule has 3 heterocycles. The Labute approximate surface area is 167 Å². The molecule has 0 N–H and O–H groups in total. The average molecular weight is 391 g/mol. The van der Waals surface area contributed by atoms with Crippen molar-refractivity contribution in [2.75, 3.05) is 13.1 Å². The molecule has 6 heteroatoms. The molecule has 0 radical (unpaired) electrons. The number of carbonyl (C=O) groups is 1. The number of oxime groups is 1. The van der Waals surface area contributed by atoms with Crippen LogP contribution in [-0.2, 0) is 9.63 Å². The number of fused-ring (bicyclic) bond motifs is 1. The molecule has 2 aromatic carbocycles. The van der Waals surface area contributed by atoms with E-state index in [0.29, 0.717) is 12.3 Å². The van der Waals surface area contributed by atoms with Crippen molar-refractivity contribution in [3.05, 3.63) is 65.2 Å². The number of para-hydroxylation sites is 1. The number of rotatable bonds is 3. The van der Waals surface area contributed by atoms with E-state index in [1.807, 2.05) is 41.3 Å². The molecule has 1 aromatic heterocycles. The van der Waals surface area contributed by atoms with Gasteiger partial charge in [0.1, 0.15) is 0 Å². The smallest absolute Gasteiger partial charge is 0.266 e. The summed E-state index contributed by atoms with van der Waals surface area (Å²) in [6, 6.07) is 18.2. The first kappa shape index (κ1) is 17.4. The second-order valence-corrected chi connectivity index (χ2v) is 8.38. The van der Waals surface area contributed by atoms with Crippen LogP contribution in [0.1, 0.15) is 35.8 Å². The third kappa shape index (κ3) is 3.29. The Morgan fingerprint density at radius 3 is 2.57 bits per heavy atom. The van der Waals surface area contributed by atoms with Gasteiger partial charge in [0, 0.05) is 25.4 Å². The highest BCUT2D eigenvalue weighted by Crippen LogP contribution is 2.34. The second kappa shape index (κ2) is 7.36. The standard InChI is InChI=1S/C22H21N3O2S/c26-22(19-14-18(24-27-19)15-6-2-1-3-7-15)25-12-10-16(11-13-25)21-23-17-8-4-5-9-20(17)28-21/h1-9,16,19H,10-14H2. The van der Waals surface area contributed by atoms with Gasteiger partial charge in [0.05, 0.1) is 20.9 Å². The van der Waals surface area contributed by atoms with Crippen LogP contribution in [0.15, 0.2) is 59.8 Å². The summed E-state index contributed by atoms with van der Waals surface area (Å²) < 4.78 is 1.24. The van der Waals surface area contributed by atoms with Crippen LogP contribution in [0.3, 0.4) is 0 Å². The number of likely N-dealkylation sites (tertiary alicyclic amines) is 1. The number of aromatic nitrogens is 1. The van der Waals surface area contributed by atoms with Crippen molar-refractivity contribution in [1.82, 2.24) is 9.88 Å². The van der Waals surface area contributed by atoms with E-state index in [9.17, 15) is 4.79 Å². The van der Waals surface area contributed by atoms with Crippen LogP contribution >= 0.6 is 11.3 Å². The summed E-state index contributed by atoms with van der Waals surface area (Å²) in [7, 11) is 0. The molecule has 28 heavy (non-hydrogen) atoms. The maximum absolute atomic E-state index is 12.9. The lowest BCUT2D eigenvalue weighted by Gasteiger charge is -2.32. The zero-order chi connectivity index (χ0) is 18.9. The fourth-order valence-electron chi connectivity index (χ4n) is 3.93. The highest BCUT2D eigenvalue weighted by atomic mass is 32.1. The first-order valence-electron chi connectivity index (χ1n) is 9.70. The topological polar surface area (TPSA) is 54.8 Å². The van der Waals surface area contributed by atoms with Crippen LogP contribution in [-0.4, -0.2) is 40.7 Å². The lowest BCUT2D eigenvalue weighted by atomic mass is 9.96. The van der Waals surface area contributed by atoms with Crippen LogP contribution in [0.2, 0.25) is 0 Å². The Kier molecular flexibility index (Phi) is 4.56. The molecule has 0 spiro atoms. The van der Waals surface area contributed by atoms with Gasteiger partial charge in [0.2, 0.25) is 6.10 Å². The third-order valence-electron chi connectivity index (χ3n) is 5.52. The summed E-state index contributed by atoms with van der Waals surface area (Å²) in [5, 5.41) is 5.35. The van der Waals surface area contributed by atoms with Crippen LogP contribution in [0.25, 0.3) is 10.2 Å². The molecule has 5 rings (SSSR count). The minimum absolute atomic E-state index is 0.0532. The zero-order valence-corrected chi connectivity index (χ0v) is 16.3. The van der Waals surface area contributed by atoms with Gasteiger partial charge < -0.3 is 9.74 Å². The Morgan fingerprint density at radius 1 is 1.04 bits per heavy atom.